The topological polar surface area (TPSA) is 134 Å². The number of ether oxygens (including phenoxy) is 1. The highest BCUT2D eigenvalue weighted by molar-refractivity contribution is 7.87. The van der Waals surface area contributed by atoms with Gasteiger partial charge in [0, 0.05) is 37.2 Å². The number of rotatable bonds is 12. The number of halogens is 2. The van der Waals surface area contributed by atoms with Crippen LogP contribution in [0.2, 0.25) is 10.4 Å². The van der Waals surface area contributed by atoms with E-state index in [1.807, 2.05) is 24.3 Å². The minimum Gasteiger partial charge on any atom is -0.496 e. The summed E-state index contributed by atoms with van der Waals surface area (Å²) in [5, 5.41) is 6.24. The van der Waals surface area contributed by atoms with E-state index in [2.05, 4.69) is 42.2 Å². The number of amides is 1. The van der Waals surface area contributed by atoms with Crippen LogP contribution in [0.15, 0.2) is 60.7 Å². The summed E-state index contributed by atoms with van der Waals surface area (Å²) in [5.74, 6) is 0.707. The lowest BCUT2D eigenvalue weighted by Gasteiger charge is -2.41. The summed E-state index contributed by atoms with van der Waals surface area (Å²) in [6.07, 6.45) is 2.65. The van der Waals surface area contributed by atoms with Crippen molar-refractivity contribution in [1.82, 2.24) is 24.7 Å². The first-order valence-corrected chi connectivity index (χ1v) is 15.1. The van der Waals surface area contributed by atoms with Gasteiger partial charge in [0.1, 0.15) is 16.7 Å². The average molecular weight is 608 g/mol. The molecule has 1 amide bonds. The van der Waals surface area contributed by atoms with Gasteiger partial charge in [-0.05, 0) is 55.0 Å². The van der Waals surface area contributed by atoms with Crippen LogP contribution >= 0.6 is 23.2 Å². The lowest BCUT2D eigenvalue weighted by Crippen LogP contribution is -2.49. The molecule has 1 aliphatic carbocycles. The standard InChI is InChI=1S/C27H32Cl2N6O4S/c1-39-22-10-6-5-9-21(22)25(36)31-18-27(19-7-3-2-4-8-19)13-11-20(12-14-27)35-40(37,38)32-16-15-30-24-17-23(28)33-26(29)34-24/h2-10,17,20,32,35H,11-16,18H2,1H3,(H,31,36)(H,30,33,34)/t20-,27-. The van der Waals surface area contributed by atoms with Gasteiger partial charge < -0.3 is 15.4 Å². The fraction of sp³-hybridized carbons (Fsp3) is 0.370. The van der Waals surface area contributed by atoms with Gasteiger partial charge in [-0.25, -0.2) is 14.7 Å². The van der Waals surface area contributed by atoms with Crippen molar-refractivity contribution in [1.29, 1.82) is 0 Å². The highest BCUT2D eigenvalue weighted by Crippen LogP contribution is 2.39. The fourth-order valence-electron chi connectivity index (χ4n) is 4.94. The summed E-state index contributed by atoms with van der Waals surface area (Å²) in [6, 6.07) is 18.4. The maximum absolute atomic E-state index is 13.0. The maximum Gasteiger partial charge on any atom is 0.277 e. The maximum atomic E-state index is 13.0. The summed E-state index contributed by atoms with van der Waals surface area (Å²) >= 11 is 11.6. The number of benzene rings is 2. The van der Waals surface area contributed by atoms with E-state index in [-0.39, 0.29) is 40.9 Å². The van der Waals surface area contributed by atoms with Crippen molar-refractivity contribution < 1.29 is 17.9 Å². The Morgan fingerprint density at radius 1 is 1.02 bits per heavy atom. The number of anilines is 1. The Morgan fingerprint density at radius 2 is 1.73 bits per heavy atom. The van der Waals surface area contributed by atoms with Gasteiger partial charge in [0.15, 0.2) is 0 Å². The number of hydrogen-bond donors (Lipinski definition) is 4. The van der Waals surface area contributed by atoms with Crippen molar-refractivity contribution >= 4 is 45.1 Å². The summed E-state index contributed by atoms with van der Waals surface area (Å²) in [6.45, 7) is 0.830. The smallest absolute Gasteiger partial charge is 0.277 e. The predicted molar refractivity (Wildman–Crippen MR) is 156 cm³/mol. The molecule has 1 aromatic heterocycles. The van der Waals surface area contributed by atoms with Crippen LogP contribution in [0.4, 0.5) is 5.82 Å². The van der Waals surface area contributed by atoms with E-state index in [1.54, 1.807) is 18.2 Å². The largest absolute Gasteiger partial charge is 0.496 e. The second-order valence-corrected chi connectivity index (χ2v) is 11.8. The molecule has 0 spiro atoms. The molecule has 1 aliphatic rings. The molecule has 1 saturated carbocycles. The number of hydrogen-bond acceptors (Lipinski definition) is 7. The first-order chi connectivity index (χ1) is 19.2. The first kappa shape index (κ1) is 30.0. The molecule has 4 rings (SSSR count). The molecule has 4 N–H and O–H groups in total. The molecule has 1 fully saturated rings. The van der Waals surface area contributed by atoms with E-state index in [0.717, 1.165) is 5.56 Å². The zero-order valence-electron chi connectivity index (χ0n) is 22.0. The summed E-state index contributed by atoms with van der Waals surface area (Å²) in [4.78, 5) is 20.8. The molecule has 2 aromatic carbocycles. The second kappa shape index (κ2) is 13.6. The van der Waals surface area contributed by atoms with Gasteiger partial charge in [0.05, 0.1) is 12.7 Å². The Hall–Kier alpha value is -2.96. The summed E-state index contributed by atoms with van der Waals surface area (Å²) < 4.78 is 36.1. The van der Waals surface area contributed by atoms with Gasteiger partial charge in [-0.3, -0.25) is 4.79 Å². The van der Waals surface area contributed by atoms with Gasteiger partial charge in [-0.2, -0.15) is 13.1 Å². The normalized spacial score (nSPS) is 19.1. The van der Waals surface area contributed by atoms with Gasteiger partial charge in [0.2, 0.25) is 5.28 Å². The number of methoxy groups -OCH3 is 1. The van der Waals surface area contributed by atoms with Crippen LogP contribution in [0.5, 0.6) is 5.75 Å². The molecule has 10 nitrogen and oxygen atoms in total. The minimum atomic E-state index is -3.73. The molecule has 0 atom stereocenters. The highest BCUT2D eigenvalue weighted by Gasteiger charge is 2.38. The van der Waals surface area contributed by atoms with Crippen LogP contribution in [-0.4, -0.2) is 57.1 Å². The van der Waals surface area contributed by atoms with Crippen LogP contribution in [-0.2, 0) is 15.6 Å². The molecule has 0 radical (unpaired) electrons. The zero-order valence-corrected chi connectivity index (χ0v) is 24.3. The Kier molecular flexibility index (Phi) is 10.2. The summed E-state index contributed by atoms with van der Waals surface area (Å²) in [5.41, 5.74) is 1.27. The van der Waals surface area contributed by atoms with Gasteiger partial charge in [0.25, 0.3) is 16.1 Å². The van der Waals surface area contributed by atoms with Crippen LogP contribution in [0.1, 0.15) is 41.6 Å². The number of para-hydroxylation sites is 1. The monoisotopic (exact) mass is 606 g/mol. The third-order valence-corrected chi connectivity index (χ3v) is 8.57. The van der Waals surface area contributed by atoms with Crippen LogP contribution in [0, 0.1) is 0 Å². The molecule has 3 aromatic rings. The van der Waals surface area contributed by atoms with Gasteiger partial charge in [-0.1, -0.05) is 54.1 Å². The lowest BCUT2D eigenvalue weighted by molar-refractivity contribution is 0.0932. The molecule has 0 saturated heterocycles. The van der Waals surface area contributed by atoms with Crippen molar-refractivity contribution in [3.8, 4) is 5.75 Å². The SMILES string of the molecule is COc1ccccc1C(=O)NC[C@]1(c2ccccc2)CC[C@H](NS(=O)(=O)NCCNc2cc(Cl)nc(Cl)n2)CC1. The van der Waals surface area contributed by atoms with Gasteiger partial charge in [-0.15, -0.1) is 0 Å². The van der Waals surface area contributed by atoms with Gasteiger partial charge >= 0.3 is 0 Å². The number of nitrogens with zero attached hydrogens (tertiary/aromatic N) is 2. The molecule has 0 bridgehead atoms. The molecular weight excluding hydrogens is 575 g/mol. The van der Waals surface area contributed by atoms with Crippen molar-refractivity contribution in [3.63, 3.8) is 0 Å². The Bertz CT molecular complexity index is 1380. The molecule has 40 heavy (non-hydrogen) atoms. The van der Waals surface area contributed by atoms with E-state index in [9.17, 15) is 13.2 Å². The molecule has 13 heteroatoms. The molecule has 214 valence electrons. The quantitative estimate of drug-likeness (QED) is 0.139. The molecular formula is C27H32Cl2N6O4S. The molecule has 1 heterocycles. The first-order valence-electron chi connectivity index (χ1n) is 12.9. The second-order valence-electron chi connectivity index (χ2n) is 9.59. The van der Waals surface area contributed by atoms with Crippen molar-refractivity contribution in [3.05, 3.63) is 82.2 Å². The van der Waals surface area contributed by atoms with Crippen molar-refractivity contribution in [2.75, 3.05) is 32.1 Å². The van der Waals surface area contributed by atoms with Crippen LogP contribution in [0.25, 0.3) is 0 Å². The Morgan fingerprint density at radius 3 is 2.42 bits per heavy atom. The Labute approximate surface area is 244 Å². The zero-order chi connectivity index (χ0) is 28.6. The summed E-state index contributed by atoms with van der Waals surface area (Å²) in [7, 11) is -2.19. The number of carbonyl (C=O) groups excluding carboxylic acids is 1. The third kappa shape index (κ3) is 8.05. The van der Waals surface area contributed by atoms with E-state index in [1.165, 1.54) is 13.2 Å². The average Bonchev–Trinajstić information content (AvgIpc) is 2.95. The predicted octanol–water partition coefficient (Wildman–Crippen LogP) is 3.94. The van der Waals surface area contributed by atoms with Crippen molar-refractivity contribution in [2.24, 2.45) is 0 Å². The molecule has 0 unspecified atom stereocenters. The number of carbonyl (C=O) groups is 1. The number of nitrogens with one attached hydrogen (secondary N) is 4. The van der Waals surface area contributed by atoms with E-state index >= 15 is 0 Å². The van der Waals surface area contributed by atoms with Crippen LogP contribution in [0.3, 0.4) is 0 Å². The van der Waals surface area contributed by atoms with E-state index in [4.69, 9.17) is 27.9 Å². The third-order valence-electron chi connectivity index (χ3n) is 6.98. The Balaban J connectivity index is 1.33. The van der Waals surface area contributed by atoms with E-state index in [0.29, 0.717) is 49.4 Å². The van der Waals surface area contributed by atoms with E-state index < -0.39 is 10.2 Å². The van der Waals surface area contributed by atoms with Crippen LogP contribution < -0.4 is 24.8 Å². The minimum absolute atomic E-state index is 0.000447. The number of aromatic nitrogens is 2. The fourth-order valence-corrected chi connectivity index (χ4v) is 6.48. The lowest BCUT2D eigenvalue weighted by atomic mass is 9.68. The highest BCUT2D eigenvalue weighted by atomic mass is 35.5. The van der Waals surface area contributed by atoms with Crippen molar-refractivity contribution in [2.45, 2.75) is 37.1 Å². The molecule has 0 aliphatic heterocycles.